The molecule has 0 bridgehead atoms. The van der Waals surface area contributed by atoms with Crippen LogP contribution in [0.1, 0.15) is 6.92 Å². The molecule has 0 spiro atoms. The monoisotopic (exact) mass is 354 g/mol. The zero-order valence-corrected chi connectivity index (χ0v) is 17.6. The van der Waals surface area contributed by atoms with Crippen molar-refractivity contribution in [3.63, 3.8) is 0 Å². The average molecular weight is 354 g/mol. The summed E-state index contributed by atoms with van der Waals surface area (Å²) in [6, 6.07) is 0. The van der Waals surface area contributed by atoms with Crippen LogP contribution in [0.3, 0.4) is 0 Å². The van der Waals surface area contributed by atoms with Crippen LogP contribution >= 0.6 is 31.7 Å². The van der Waals surface area contributed by atoms with E-state index < -0.39 is 0 Å². The standard InChI is InChI=1S/2C5H13P2.C2H4.Fe/c2*1-6(2)5-7(3)4;1-2;/h2*5H,1-4H3;1H,2H3;/q2*-1;;. The summed E-state index contributed by atoms with van der Waals surface area (Å²) in [5, 5.41) is 0. The molecule has 0 aliphatic heterocycles. The second kappa shape index (κ2) is 18.1. The Morgan fingerprint density at radius 3 is 0.765 bits per heavy atom. The molecule has 0 aromatic carbocycles. The molecule has 0 aromatic heterocycles. The van der Waals surface area contributed by atoms with E-state index in [0.29, 0.717) is 0 Å². The molecule has 0 saturated heterocycles. The minimum atomic E-state index is 0.264. The van der Waals surface area contributed by atoms with Gasteiger partial charge in [0.25, 0.3) is 0 Å². The van der Waals surface area contributed by atoms with E-state index in [1.165, 1.54) is 0 Å². The van der Waals surface area contributed by atoms with Gasteiger partial charge in [-0.2, -0.15) is 0 Å². The van der Waals surface area contributed by atoms with Gasteiger partial charge < -0.3 is 0 Å². The summed E-state index contributed by atoms with van der Waals surface area (Å²) in [6.07, 6.45) is 0. The van der Waals surface area contributed by atoms with E-state index in [-0.39, 0.29) is 31.7 Å². The second-order valence-corrected chi connectivity index (χ2v) is 14.5. The average Bonchev–Trinajstić information content (AvgIpc) is 1.99. The Morgan fingerprint density at radius 1 is 0.647 bits per heavy atom. The van der Waals surface area contributed by atoms with Crippen molar-refractivity contribution in [3.8, 4) is 0 Å². The van der Waals surface area contributed by atoms with Gasteiger partial charge in [-0.15, -0.1) is 0 Å². The fraction of sp³-hybridized carbons (Fsp3) is 0.750. The van der Waals surface area contributed by atoms with E-state index in [4.69, 9.17) is 0 Å². The van der Waals surface area contributed by atoms with E-state index in [0.717, 1.165) is 0 Å². The Bertz CT molecular complexity index is 121. The van der Waals surface area contributed by atoms with Crippen LogP contribution < -0.4 is 0 Å². The van der Waals surface area contributed by atoms with Gasteiger partial charge in [0.2, 0.25) is 0 Å². The van der Waals surface area contributed by atoms with Gasteiger partial charge in [-0.25, -0.2) is 0 Å². The van der Waals surface area contributed by atoms with Crippen LogP contribution in [-0.2, 0) is 15.6 Å². The summed E-state index contributed by atoms with van der Waals surface area (Å²) in [7, 11) is 1.06. The van der Waals surface area contributed by atoms with E-state index in [1.54, 1.807) is 4.92 Å². The SMILES string of the molecule is CP(C)[CH-]P(C)C.CP(C)[CH-]P(C)C.C[CH]=[Fe]. The first-order chi connectivity index (χ1) is 7.67. The quantitative estimate of drug-likeness (QED) is 0.354. The van der Waals surface area contributed by atoms with Gasteiger partial charge in [0, 0.05) is 0 Å². The van der Waals surface area contributed by atoms with Crippen LogP contribution in [0.4, 0.5) is 0 Å². The van der Waals surface area contributed by atoms with Gasteiger partial charge in [0.05, 0.1) is 0 Å². The summed E-state index contributed by atoms with van der Waals surface area (Å²) in [5.41, 5.74) is 0. The van der Waals surface area contributed by atoms with E-state index in [1.807, 2.05) is 6.92 Å². The van der Waals surface area contributed by atoms with E-state index in [2.05, 4.69) is 80.7 Å². The number of rotatable bonds is 4. The third-order valence-corrected chi connectivity index (χ3v) is 8.31. The summed E-state index contributed by atoms with van der Waals surface area (Å²) >= 11 is 3.36. The van der Waals surface area contributed by atoms with Gasteiger partial charge in [-0.1, -0.05) is 53.3 Å². The molecule has 0 aromatic rings. The number of hydrogen-bond acceptors (Lipinski definition) is 0. The first-order valence-corrected chi connectivity index (χ1v) is 15.3. The molecule has 0 rings (SSSR count). The molecule has 0 saturated carbocycles. The third-order valence-electron chi connectivity index (χ3n) is 0.924. The van der Waals surface area contributed by atoms with Crippen molar-refractivity contribution in [2.45, 2.75) is 6.92 Å². The van der Waals surface area contributed by atoms with Gasteiger partial charge >= 0.3 is 27.4 Å². The van der Waals surface area contributed by atoms with Crippen molar-refractivity contribution in [1.29, 1.82) is 0 Å². The first-order valence-electron chi connectivity index (χ1n) is 5.39. The van der Waals surface area contributed by atoms with Gasteiger partial charge in [0.1, 0.15) is 0 Å². The predicted molar refractivity (Wildman–Crippen MR) is 95.4 cm³/mol. The minimum absolute atomic E-state index is 0.264. The van der Waals surface area contributed by atoms with Crippen molar-refractivity contribution in [2.24, 2.45) is 0 Å². The zero-order valence-electron chi connectivity index (χ0n) is 12.9. The Balaban J connectivity index is -0.000000188. The summed E-state index contributed by atoms with van der Waals surface area (Å²) in [6.45, 7) is 20.2. The summed E-state index contributed by atoms with van der Waals surface area (Å²) in [5.74, 6) is 4.93. The fourth-order valence-electron chi connectivity index (χ4n) is 0.924. The Kier molecular flexibility index (Phi) is 25.7. The third kappa shape index (κ3) is 46.0. The molecular formula is C12H30FeP4-2. The van der Waals surface area contributed by atoms with Gasteiger partial charge in [0.15, 0.2) is 0 Å². The molecule has 0 aliphatic rings. The molecule has 17 heavy (non-hydrogen) atoms. The first kappa shape index (κ1) is 24.1. The van der Waals surface area contributed by atoms with Crippen molar-refractivity contribution < 1.29 is 15.6 Å². The molecule has 0 amide bonds. The Morgan fingerprint density at radius 2 is 0.765 bits per heavy atom. The van der Waals surface area contributed by atoms with E-state index >= 15 is 0 Å². The van der Waals surface area contributed by atoms with Crippen molar-refractivity contribution in [3.05, 3.63) is 11.8 Å². The van der Waals surface area contributed by atoms with Gasteiger partial charge in [-0.05, 0) is 0 Å². The van der Waals surface area contributed by atoms with Crippen LogP contribution in [0, 0.1) is 11.8 Å². The topological polar surface area (TPSA) is 0 Å². The molecule has 108 valence electrons. The number of hydrogen-bond donors (Lipinski definition) is 0. The van der Waals surface area contributed by atoms with Crippen LogP contribution in [0.25, 0.3) is 0 Å². The molecule has 0 nitrogen and oxygen atoms in total. The van der Waals surface area contributed by atoms with Crippen LogP contribution in [0.2, 0.25) is 0 Å². The Labute approximate surface area is 124 Å². The molecule has 0 fully saturated rings. The zero-order chi connectivity index (χ0) is 14.4. The predicted octanol–water partition coefficient (Wildman–Crippen LogP) is 5.53. The van der Waals surface area contributed by atoms with E-state index in [9.17, 15) is 0 Å². The summed E-state index contributed by atoms with van der Waals surface area (Å²) in [4.78, 5) is 1.75. The fourth-order valence-corrected chi connectivity index (χ4v) is 8.31. The van der Waals surface area contributed by atoms with Crippen LogP contribution in [0.5, 0.6) is 0 Å². The molecule has 0 atom stereocenters. The van der Waals surface area contributed by atoms with Crippen LogP contribution in [0.15, 0.2) is 0 Å². The molecule has 0 aliphatic carbocycles. The molecule has 0 radical (unpaired) electrons. The van der Waals surface area contributed by atoms with Crippen LogP contribution in [-0.4, -0.2) is 58.2 Å². The summed E-state index contributed by atoms with van der Waals surface area (Å²) < 4.78 is 0. The second-order valence-electron chi connectivity index (χ2n) is 4.29. The van der Waals surface area contributed by atoms with Crippen molar-refractivity contribution in [2.75, 3.05) is 53.3 Å². The molecular weight excluding hydrogens is 324 g/mol. The molecule has 0 unspecified atom stereocenters. The molecule has 5 heteroatoms. The normalized spacial score (nSPS) is 10.0. The molecule has 0 N–H and O–H groups in total. The van der Waals surface area contributed by atoms with Gasteiger partial charge in [-0.3, -0.25) is 43.5 Å². The molecule has 0 heterocycles. The maximum atomic E-state index is 3.36. The van der Waals surface area contributed by atoms with Crippen molar-refractivity contribution in [1.82, 2.24) is 0 Å². The Hall–Kier alpha value is 2.11. The maximum absolute atomic E-state index is 3.36. The van der Waals surface area contributed by atoms with Crippen molar-refractivity contribution >= 4 is 36.6 Å².